The van der Waals surface area contributed by atoms with Crippen LogP contribution in [0, 0.1) is 6.92 Å². The van der Waals surface area contributed by atoms with E-state index in [2.05, 4.69) is 0 Å². The Bertz CT molecular complexity index is 415. The van der Waals surface area contributed by atoms with Crippen molar-refractivity contribution >= 4 is 15.0 Å². The zero-order valence-electron chi connectivity index (χ0n) is 7.44. The van der Waals surface area contributed by atoms with Crippen LogP contribution in [0.1, 0.15) is 12.5 Å². The lowest BCUT2D eigenvalue weighted by Crippen LogP contribution is -2.10. The third-order valence-corrected chi connectivity index (χ3v) is 3.36. The summed E-state index contributed by atoms with van der Waals surface area (Å²) in [6.45, 7) is 2.90. The summed E-state index contributed by atoms with van der Waals surface area (Å²) in [6.07, 6.45) is 0. The maximum atomic E-state index is 11.3. The van der Waals surface area contributed by atoms with Gasteiger partial charge in [0.15, 0.2) is 0 Å². The number of carbonyl (C=O) groups excluding carboxylic acids is 1. The molecular weight excluding hydrogens is 188 g/mol. The van der Waals surface area contributed by atoms with Crippen LogP contribution in [-0.2, 0) is 14.6 Å². The molecule has 0 heterocycles. The molecule has 0 saturated carbocycles. The van der Waals surface area contributed by atoms with Gasteiger partial charge in [0, 0.05) is 6.92 Å². The molecule has 0 atom stereocenters. The molecule has 1 aromatic carbocycles. The zero-order chi connectivity index (χ0) is 10.1. The highest BCUT2D eigenvalue weighted by Crippen LogP contribution is 2.12. The number of benzene rings is 1. The predicted molar refractivity (Wildman–Crippen MR) is 49.0 cm³/mol. The molecule has 0 unspecified atom stereocenters. The third-order valence-electron chi connectivity index (χ3n) is 1.71. The predicted octanol–water partition coefficient (Wildman–Crippen LogP) is 1.32. The molecule has 0 fully saturated rings. The molecule has 0 aliphatic heterocycles. The van der Waals surface area contributed by atoms with Gasteiger partial charge in [-0.2, -0.15) is 0 Å². The van der Waals surface area contributed by atoms with Crippen molar-refractivity contribution in [3.05, 3.63) is 29.8 Å². The van der Waals surface area contributed by atoms with E-state index in [1.807, 2.05) is 6.92 Å². The van der Waals surface area contributed by atoms with Crippen molar-refractivity contribution in [2.75, 3.05) is 0 Å². The van der Waals surface area contributed by atoms with E-state index in [9.17, 15) is 13.2 Å². The average molecular weight is 198 g/mol. The van der Waals surface area contributed by atoms with Crippen molar-refractivity contribution in [3.63, 3.8) is 0 Å². The Labute approximate surface area is 77.3 Å². The van der Waals surface area contributed by atoms with Gasteiger partial charge in [-0.1, -0.05) is 17.7 Å². The average Bonchev–Trinajstić information content (AvgIpc) is 2.04. The molecule has 1 rings (SSSR count). The van der Waals surface area contributed by atoms with Crippen LogP contribution in [0.4, 0.5) is 0 Å². The minimum Gasteiger partial charge on any atom is -0.282 e. The molecule has 70 valence electrons. The van der Waals surface area contributed by atoms with E-state index in [1.165, 1.54) is 12.1 Å². The highest BCUT2D eigenvalue weighted by molar-refractivity contribution is 8.06. The van der Waals surface area contributed by atoms with E-state index in [1.54, 1.807) is 12.1 Å². The highest BCUT2D eigenvalue weighted by atomic mass is 32.2. The monoisotopic (exact) mass is 198 g/mol. The number of carbonyl (C=O) groups is 1. The van der Waals surface area contributed by atoms with E-state index in [-0.39, 0.29) is 4.90 Å². The molecular formula is C9H10O3S. The molecule has 0 saturated heterocycles. The van der Waals surface area contributed by atoms with Gasteiger partial charge in [0.2, 0.25) is 15.0 Å². The van der Waals surface area contributed by atoms with Crippen molar-refractivity contribution in [3.8, 4) is 0 Å². The molecule has 4 heteroatoms. The van der Waals surface area contributed by atoms with Crippen molar-refractivity contribution < 1.29 is 13.2 Å². The first-order chi connectivity index (χ1) is 5.94. The lowest BCUT2D eigenvalue weighted by atomic mass is 10.2. The SMILES string of the molecule is CC(=O)S(=O)(=O)c1ccc(C)cc1. The van der Waals surface area contributed by atoms with Gasteiger partial charge < -0.3 is 0 Å². The van der Waals surface area contributed by atoms with Crippen molar-refractivity contribution in [2.45, 2.75) is 18.7 Å². The van der Waals surface area contributed by atoms with Crippen molar-refractivity contribution in [1.29, 1.82) is 0 Å². The fourth-order valence-electron chi connectivity index (χ4n) is 0.883. The summed E-state index contributed by atoms with van der Waals surface area (Å²) >= 11 is 0. The van der Waals surface area contributed by atoms with Crippen molar-refractivity contribution in [2.24, 2.45) is 0 Å². The Hall–Kier alpha value is -1.16. The summed E-state index contributed by atoms with van der Waals surface area (Å²) in [4.78, 5) is 10.8. The Morgan fingerprint density at radius 3 is 2.00 bits per heavy atom. The summed E-state index contributed by atoms with van der Waals surface area (Å²) in [5, 5.41) is -0.823. The number of sulfone groups is 1. The fourth-order valence-corrected chi connectivity index (χ4v) is 1.71. The van der Waals surface area contributed by atoms with Gasteiger partial charge in [0.05, 0.1) is 4.90 Å². The first kappa shape index (κ1) is 9.92. The highest BCUT2D eigenvalue weighted by Gasteiger charge is 2.19. The van der Waals surface area contributed by atoms with Crippen LogP contribution in [0.2, 0.25) is 0 Å². The van der Waals surface area contributed by atoms with Crippen LogP contribution in [-0.4, -0.2) is 13.5 Å². The number of hydrogen-bond donors (Lipinski definition) is 0. The van der Waals surface area contributed by atoms with Crippen LogP contribution in [0.3, 0.4) is 0 Å². The Morgan fingerprint density at radius 2 is 1.62 bits per heavy atom. The summed E-state index contributed by atoms with van der Waals surface area (Å²) < 4.78 is 22.6. The molecule has 0 radical (unpaired) electrons. The summed E-state index contributed by atoms with van der Waals surface area (Å²) in [6, 6.07) is 6.20. The zero-order valence-corrected chi connectivity index (χ0v) is 8.26. The van der Waals surface area contributed by atoms with E-state index >= 15 is 0 Å². The summed E-state index contributed by atoms with van der Waals surface area (Å²) in [5.41, 5.74) is 0.961. The fraction of sp³-hybridized carbons (Fsp3) is 0.222. The van der Waals surface area contributed by atoms with Crippen LogP contribution >= 0.6 is 0 Å². The maximum Gasteiger partial charge on any atom is 0.248 e. The van der Waals surface area contributed by atoms with Crippen molar-refractivity contribution in [1.82, 2.24) is 0 Å². The van der Waals surface area contributed by atoms with Gasteiger partial charge in [-0.3, -0.25) is 4.79 Å². The van der Waals surface area contributed by atoms with Gasteiger partial charge >= 0.3 is 0 Å². The minimum atomic E-state index is -3.73. The molecule has 0 aliphatic rings. The first-order valence-electron chi connectivity index (χ1n) is 3.77. The first-order valence-corrected chi connectivity index (χ1v) is 5.25. The third kappa shape index (κ3) is 1.95. The van der Waals surface area contributed by atoms with E-state index < -0.39 is 15.0 Å². The molecule has 0 spiro atoms. The normalized spacial score (nSPS) is 11.2. The lowest BCUT2D eigenvalue weighted by Gasteiger charge is -1.99. The van der Waals surface area contributed by atoms with Gasteiger partial charge in [-0.05, 0) is 19.1 Å². The second-order valence-corrected chi connectivity index (χ2v) is 4.86. The maximum absolute atomic E-state index is 11.3. The van der Waals surface area contributed by atoms with Gasteiger partial charge in [0.1, 0.15) is 0 Å². The second kappa shape index (κ2) is 3.30. The molecule has 0 N–H and O–H groups in total. The number of hydrogen-bond acceptors (Lipinski definition) is 3. The molecule has 0 amide bonds. The second-order valence-electron chi connectivity index (χ2n) is 2.81. The van der Waals surface area contributed by atoms with E-state index in [0.717, 1.165) is 12.5 Å². The quantitative estimate of drug-likeness (QED) is 0.683. The minimum absolute atomic E-state index is 0.0607. The summed E-state index contributed by atoms with van der Waals surface area (Å²) in [7, 11) is -3.73. The molecule has 0 bridgehead atoms. The summed E-state index contributed by atoms with van der Waals surface area (Å²) in [5.74, 6) is 0. The molecule has 13 heavy (non-hydrogen) atoms. The molecule has 0 aromatic heterocycles. The lowest BCUT2D eigenvalue weighted by molar-refractivity contribution is -0.109. The molecule has 1 aromatic rings. The number of aryl methyl sites for hydroxylation is 1. The van der Waals surface area contributed by atoms with Crippen LogP contribution < -0.4 is 0 Å². The van der Waals surface area contributed by atoms with Crippen LogP contribution in [0.15, 0.2) is 29.2 Å². The standard InChI is InChI=1S/C9H10O3S/c1-7-3-5-9(6-4-7)13(11,12)8(2)10/h3-6H,1-2H3. The Balaban J connectivity index is 3.25. The van der Waals surface area contributed by atoms with Crippen LogP contribution in [0.5, 0.6) is 0 Å². The van der Waals surface area contributed by atoms with Gasteiger partial charge in [-0.15, -0.1) is 0 Å². The smallest absolute Gasteiger partial charge is 0.248 e. The Morgan fingerprint density at radius 1 is 1.15 bits per heavy atom. The van der Waals surface area contributed by atoms with Crippen LogP contribution in [0.25, 0.3) is 0 Å². The number of rotatable bonds is 1. The van der Waals surface area contributed by atoms with E-state index in [4.69, 9.17) is 0 Å². The largest absolute Gasteiger partial charge is 0.282 e. The Kier molecular flexibility index (Phi) is 2.52. The van der Waals surface area contributed by atoms with E-state index in [0.29, 0.717) is 0 Å². The van der Waals surface area contributed by atoms with Gasteiger partial charge in [0.25, 0.3) is 0 Å². The van der Waals surface area contributed by atoms with Gasteiger partial charge in [-0.25, -0.2) is 8.42 Å². The molecule has 0 aliphatic carbocycles. The topological polar surface area (TPSA) is 51.2 Å². The molecule has 3 nitrogen and oxygen atoms in total.